The maximum atomic E-state index is 14.4. The minimum Gasteiger partial charge on any atom is -0.484 e. The Hall–Kier alpha value is -3.45. The maximum Gasteiger partial charge on any atom is 0.271 e. The first-order chi connectivity index (χ1) is 17.4. The number of nitrogens with one attached hydrogen (secondary N) is 1. The number of nitrogen functional groups attached to an aromatic ring is 1. The summed E-state index contributed by atoms with van der Waals surface area (Å²) in [5.41, 5.74) is 9.91. The maximum absolute atomic E-state index is 14.4. The van der Waals surface area contributed by atoms with Crippen molar-refractivity contribution in [2.45, 2.75) is 58.7 Å². The van der Waals surface area contributed by atoms with Crippen molar-refractivity contribution in [2.75, 3.05) is 18.8 Å². The van der Waals surface area contributed by atoms with Gasteiger partial charge in [0.2, 0.25) is 0 Å². The molecule has 0 spiro atoms. The van der Waals surface area contributed by atoms with Gasteiger partial charge in [0.15, 0.2) is 0 Å². The summed E-state index contributed by atoms with van der Waals surface area (Å²) in [6.07, 6.45) is -0.637. The molecule has 1 heterocycles. The zero-order valence-electron chi connectivity index (χ0n) is 22.0. The highest BCUT2D eigenvalue weighted by Gasteiger charge is 2.31. The van der Waals surface area contributed by atoms with Crippen molar-refractivity contribution in [3.05, 3.63) is 82.9 Å². The molecule has 1 aliphatic heterocycles. The second kappa shape index (κ2) is 10.5. The van der Waals surface area contributed by atoms with Crippen LogP contribution in [-0.2, 0) is 5.92 Å². The third-order valence-electron chi connectivity index (χ3n) is 6.81. The highest BCUT2D eigenvalue weighted by atomic mass is 19.3. The summed E-state index contributed by atoms with van der Waals surface area (Å²) >= 11 is 0. The first kappa shape index (κ1) is 26.6. The molecule has 0 radical (unpaired) electrons. The molecule has 7 heteroatoms. The highest BCUT2D eigenvalue weighted by molar-refractivity contribution is 5.95. The molecule has 4 rings (SSSR count). The topological polar surface area (TPSA) is 67.6 Å². The van der Waals surface area contributed by atoms with Gasteiger partial charge in [-0.1, -0.05) is 36.4 Å². The summed E-state index contributed by atoms with van der Waals surface area (Å²) in [6.45, 7) is 9.83. The number of alkyl halides is 2. The van der Waals surface area contributed by atoms with E-state index in [4.69, 9.17) is 10.5 Å². The van der Waals surface area contributed by atoms with E-state index >= 15 is 0 Å². The molecule has 3 N–H and O–H groups in total. The van der Waals surface area contributed by atoms with Crippen LogP contribution in [0.3, 0.4) is 0 Å². The van der Waals surface area contributed by atoms with Crippen LogP contribution in [0, 0.1) is 6.92 Å². The largest absolute Gasteiger partial charge is 0.484 e. The monoisotopic (exact) mass is 507 g/mol. The average Bonchev–Trinajstić information content (AvgIpc) is 2.83. The van der Waals surface area contributed by atoms with Gasteiger partial charge < -0.3 is 20.7 Å². The molecule has 3 aromatic carbocycles. The van der Waals surface area contributed by atoms with E-state index < -0.39 is 12.0 Å². The number of halogens is 2. The Morgan fingerprint density at radius 2 is 1.68 bits per heavy atom. The van der Waals surface area contributed by atoms with E-state index in [2.05, 4.69) is 19.2 Å². The molecule has 37 heavy (non-hydrogen) atoms. The first-order valence-corrected chi connectivity index (χ1v) is 12.6. The van der Waals surface area contributed by atoms with E-state index in [0.717, 1.165) is 18.1 Å². The van der Waals surface area contributed by atoms with Crippen molar-refractivity contribution in [2.24, 2.45) is 0 Å². The fourth-order valence-corrected chi connectivity index (χ4v) is 5.18. The minimum absolute atomic E-state index is 0.0172. The van der Waals surface area contributed by atoms with Crippen molar-refractivity contribution < 1.29 is 18.3 Å². The first-order valence-electron chi connectivity index (χ1n) is 12.6. The standard InChI is InChI=1S/C30H35F2N3O2/c1-18-7-6-8-25(28(18)30(5,31)32)21(4)37-27-15-24(13-14-26(27)33)22-9-11-23(12-10-22)29(36)35-16-19(2)34-20(3)17-35/h6-15,19-21,34H,16-17,33H2,1-5H3. The van der Waals surface area contributed by atoms with Gasteiger partial charge in [0.05, 0.1) is 5.69 Å². The zero-order valence-corrected chi connectivity index (χ0v) is 22.0. The van der Waals surface area contributed by atoms with Crippen LogP contribution in [-0.4, -0.2) is 36.0 Å². The number of piperazine rings is 1. The summed E-state index contributed by atoms with van der Waals surface area (Å²) in [6, 6.07) is 18.5. The molecule has 3 aromatic rings. The molecule has 1 saturated heterocycles. The number of rotatable bonds is 6. The van der Waals surface area contributed by atoms with E-state index in [-0.39, 0.29) is 23.6 Å². The lowest BCUT2D eigenvalue weighted by Crippen LogP contribution is -2.55. The number of hydrogen-bond acceptors (Lipinski definition) is 4. The minimum atomic E-state index is -2.99. The van der Waals surface area contributed by atoms with Crippen molar-refractivity contribution in [3.8, 4) is 16.9 Å². The summed E-state index contributed by atoms with van der Waals surface area (Å²) in [5.74, 6) is -2.56. The van der Waals surface area contributed by atoms with E-state index in [1.807, 2.05) is 41.3 Å². The van der Waals surface area contributed by atoms with Crippen LogP contribution in [0.2, 0.25) is 0 Å². The smallest absolute Gasteiger partial charge is 0.271 e. The fraction of sp³-hybridized carbons (Fsp3) is 0.367. The molecule has 1 amide bonds. The van der Waals surface area contributed by atoms with Crippen LogP contribution in [0.15, 0.2) is 60.7 Å². The van der Waals surface area contributed by atoms with E-state index in [0.29, 0.717) is 41.2 Å². The van der Waals surface area contributed by atoms with Crippen LogP contribution in [0.1, 0.15) is 60.8 Å². The van der Waals surface area contributed by atoms with Gasteiger partial charge >= 0.3 is 0 Å². The second-order valence-corrected chi connectivity index (χ2v) is 10.2. The molecule has 196 valence electrons. The summed E-state index contributed by atoms with van der Waals surface area (Å²) < 4.78 is 34.9. The van der Waals surface area contributed by atoms with E-state index in [1.165, 1.54) is 0 Å². The number of nitrogens with zero attached hydrogens (tertiary/aromatic N) is 1. The van der Waals surface area contributed by atoms with Crippen LogP contribution in [0.4, 0.5) is 14.5 Å². The second-order valence-electron chi connectivity index (χ2n) is 10.2. The lowest BCUT2D eigenvalue weighted by atomic mass is 9.94. The van der Waals surface area contributed by atoms with Gasteiger partial charge in [0, 0.05) is 48.8 Å². The lowest BCUT2D eigenvalue weighted by molar-refractivity contribution is 0.0139. The molecule has 0 bridgehead atoms. The van der Waals surface area contributed by atoms with Crippen LogP contribution >= 0.6 is 0 Å². The van der Waals surface area contributed by atoms with Gasteiger partial charge in [-0.25, -0.2) is 8.78 Å². The number of ether oxygens (including phenoxy) is 1. The summed E-state index contributed by atoms with van der Waals surface area (Å²) in [5, 5.41) is 3.44. The Bertz CT molecular complexity index is 1260. The normalized spacial score (nSPS) is 18.9. The summed E-state index contributed by atoms with van der Waals surface area (Å²) in [4.78, 5) is 14.9. The van der Waals surface area contributed by atoms with Gasteiger partial charge in [-0.05, 0) is 68.7 Å². The molecule has 0 aliphatic carbocycles. The van der Waals surface area contributed by atoms with E-state index in [1.54, 1.807) is 38.1 Å². The Labute approximate surface area is 217 Å². The van der Waals surface area contributed by atoms with Gasteiger partial charge in [-0.15, -0.1) is 0 Å². The molecular formula is C30H35F2N3O2. The predicted molar refractivity (Wildman–Crippen MR) is 144 cm³/mol. The molecule has 1 aliphatic rings. The van der Waals surface area contributed by atoms with Gasteiger partial charge in [0.1, 0.15) is 11.9 Å². The summed E-state index contributed by atoms with van der Waals surface area (Å²) in [7, 11) is 0. The molecule has 3 unspecified atom stereocenters. The Kier molecular flexibility index (Phi) is 7.55. The number of carbonyl (C=O) groups excluding carboxylic acids is 1. The quantitative estimate of drug-likeness (QED) is 0.383. The Morgan fingerprint density at radius 3 is 2.30 bits per heavy atom. The number of nitrogens with two attached hydrogens (primary N) is 1. The predicted octanol–water partition coefficient (Wildman–Crippen LogP) is 6.32. The number of aryl methyl sites for hydroxylation is 1. The molecule has 3 atom stereocenters. The van der Waals surface area contributed by atoms with Gasteiger partial charge in [-0.3, -0.25) is 4.79 Å². The fourth-order valence-electron chi connectivity index (χ4n) is 5.18. The zero-order chi connectivity index (χ0) is 26.9. The lowest BCUT2D eigenvalue weighted by Gasteiger charge is -2.36. The van der Waals surface area contributed by atoms with Crippen molar-refractivity contribution in [1.29, 1.82) is 0 Å². The molecule has 0 saturated carbocycles. The number of hydrogen-bond donors (Lipinski definition) is 2. The molecular weight excluding hydrogens is 472 g/mol. The number of anilines is 1. The van der Waals surface area contributed by atoms with E-state index in [9.17, 15) is 13.6 Å². The number of amides is 1. The van der Waals surface area contributed by atoms with Gasteiger partial charge in [-0.2, -0.15) is 0 Å². The Balaban J connectivity index is 1.55. The number of benzene rings is 3. The molecule has 1 fully saturated rings. The van der Waals surface area contributed by atoms with Crippen LogP contribution in [0.25, 0.3) is 11.1 Å². The third-order valence-corrected chi connectivity index (χ3v) is 6.81. The Morgan fingerprint density at radius 1 is 1.05 bits per heavy atom. The average molecular weight is 508 g/mol. The van der Waals surface area contributed by atoms with Crippen molar-refractivity contribution >= 4 is 11.6 Å². The SMILES string of the molecule is Cc1cccc(C(C)Oc2cc(-c3ccc(C(=O)N4CC(C)NC(C)C4)cc3)ccc2N)c1C(C)(F)F. The molecule has 0 aromatic heterocycles. The van der Waals surface area contributed by atoms with Gasteiger partial charge in [0.25, 0.3) is 11.8 Å². The van der Waals surface area contributed by atoms with Crippen LogP contribution < -0.4 is 15.8 Å². The van der Waals surface area contributed by atoms with Crippen molar-refractivity contribution in [3.63, 3.8) is 0 Å². The molecule has 5 nitrogen and oxygen atoms in total. The van der Waals surface area contributed by atoms with Crippen LogP contribution in [0.5, 0.6) is 5.75 Å². The highest BCUT2D eigenvalue weighted by Crippen LogP contribution is 2.38. The number of carbonyl (C=O) groups is 1. The third kappa shape index (κ3) is 5.93. The van der Waals surface area contributed by atoms with Crippen molar-refractivity contribution in [1.82, 2.24) is 10.2 Å².